The number of fused-ring (bicyclic) bond motifs is 1. The molecule has 1 aliphatic heterocycles. The Hall–Kier alpha value is -3.35. The summed E-state index contributed by atoms with van der Waals surface area (Å²) in [7, 11) is 1.42. The van der Waals surface area contributed by atoms with Crippen LogP contribution in [-0.2, 0) is 4.74 Å². The number of nitrogens with zero attached hydrogens (tertiary/aromatic N) is 2. The molecule has 168 valence electrons. The van der Waals surface area contributed by atoms with E-state index in [0.29, 0.717) is 28.8 Å². The second-order valence-electron chi connectivity index (χ2n) is 8.49. The number of H-pyrrole nitrogens is 1. The van der Waals surface area contributed by atoms with Gasteiger partial charge in [0.1, 0.15) is 11.4 Å². The summed E-state index contributed by atoms with van der Waals surface area (Å²) in [6.07, 6.45) is 0. The van der Waals surface area contributed by atoms with Gasteiger partial charge in [-0.25, -0.2) is 9.78 Å². The number of nitrogens with one attached hydrogen (secondary N) is 1. The van der Waals surface area contributed by atoms with E-state index in [4.69, 9.17) is 14.5 Å². The van der Waals surface area contributed by atoms with Gasteiger partial charge in [0.05, 0.1) is 30.6 Å². The maximum absolute atomic E-state index is 13.3. The predicted molar refractivity (Wildman–Crippen MR) is 126 cm³/mol. The topological polar surface area (TPSA) is 84.5 Å². The minimum atomic E-state index is -0.677. The number of aryl methyl sites for hydroxylation is 1. The van der Waals surface area contributed by atoms with Crippen LogP contribution in [0.5, 0.6) is 5.75 Å². The zero-order valence-corrected chi connectivity index (χ0v) is 19.2. The first kappa shape index (κ1) is 21.9. The summed E-state index contributed by atoms with van der Waals surface area (Å²) in [4.78, 5) is 36.6. The lowest BCUT2D eigenvalue weighted by molar-refractivity contribution is 0.0525. The van der Waals surface area contributed by atoms with Crippen molar-refractivity contribution in [3.05, 3.63) is 51.8 Å². The zero-order valence-electron chi connectivity index (χ0n) is 19.2. The molecule has 1 aliphatic rings. The first-order chi connectivity index (χ1) is 15.3. The molecule has 7 nitrogen and oxygen atoms in total. The Kier molecular flexibility index (Phi) is 5.91. The van der Waals surface area contributed by atoms with Gasteiger partial charge in [-0.1, -0.05) is 32.0 Å². The summed E-state index contributed by atoms with van der Waals surface area (Å²) in [6, 6.07) is 9.84. The lowest BCUT2D eigenvalue weighted by Gasteiger charge is -2.23. The Bertz CT molecular complexity index is 1220. The third-order valence-corrected chi connectivity index (χ3v) is 6.28. The molecule has 2 atom stereocenters. The van der Waals surface area contributed by atoms with Crippen LogP contribution in [0.4, 0.5) is 5.82 Å². The molecule has 0 bridgehead atoms. The number of hydrogen-bond acceptors (Lipinski definition) is 6. The highest BCUT2D eigenvalue weighted by atomic mass is 16.5. The van der Waals surface area contributed by atoms with E-state index in [1.807, 2.05) is 30.3 Å². The summed E-state index contributed by atoms with van der Waals surface area (Å²) in [5.41, 5.74) is 1.97. The smallest absolute Gasteiger partial charge is 0.344 e. The Balaban J connectivity index is 2.03. The number of pyridine rings is 2. The van der Waals surface area contributed by atoms with Crippen molar-refractivity contribution < 1.29 is 14.3 Å². The SMILES string of the molecule is CCOC(=O)c1c(-c2cc3ccccc3nc2N2CC(C)C(C)C2)[nH]c(C)c(OC)c1=O. The zero-order chi connectivity index (χ0) is 23.0. The van der Waals surface area contributed by atoms with Crippen LogP contribution in [0.1, 0.15) is 36.8 Å². The minimum Gasteiger partial charge on any atom is -0.491 e. The Morgan fingerprint density at radius 1 is 1.22 bits per heavy atom. The van der Waals surface area contributed by atoms with Crippen molar-refractivity contribution in [2.24, 2.45) is 11.8 Å². The Labute approximate surface area is 187 Å². The molecule has 2 aromatic heterocycles. The molecule has 2 unspecified atom stereocenters. The number of benzene rings is 1. The number of anilines is 1. The minimum absolute atomic E-state index is 0.0621. The number of carbonyl (C=O) groups is 1. The molecule has 3 aromatic rings. The van der Waals surface area contributed by atoms with E-state index in [-0.39, 0.29) is 17.9 Å². The van der Waals surface area contributed by atoms with Crippen molar-refractivity contribution in [3.63, 3.8) is 0 Å². The number of ether oxygens (including phenoxy) is 2. The molecule has 32 heavy (non-hydrogen) atoms. The van der Waals surface area contributed by atoms with Crippen LogP contribution in [-0.4, -0.2) is 42.7 Å². The van der Waals surface area contributed by atoms with Gasteiger partial charge in [0.15, 0.2) is 5.75 Å². The van der Waals surface area contributed by atoms with Crippen molar-refractivity contribution in [2.45, 2.75) is 27.7 Å². The number of aromatic nitrogens is 2. The van der Waals surface area contributed by atoms with E-state index in [1.54, 1.807) is 13.8 Å². The molecule has 0 aliphatic carbocycles. The molecule has 0 spiro atoms. The second-order valence-corrected chi connectivity index (χ2v) is 8.49. The summed E-state index contributed by atoms with van der Waals surface area (Å²) in [5.74, 6) is 1.21. The second kappa shape index (κ2) is 8.65. The van der Waals surface area contributed by atoms with E-state index in [9.17, 15) is 9.59 Å². The monoisotopic (exact) mass is 435 g/mol. The molecular weight excluding hydrogens is 406 g/mol. The molecule has 1 fully saturated rings. The lowest BCUT2D eigenvalue weighted by Crippen LogP contribution is -2.25. The molecule has 1 saturated heterocycles. The number of para-hydroxylation sites is 1. The van der Waals surface area contributed by atoms with Gasteiger partial charge in [-0.3, -0.25) is 4.79 Å². The number of methoxy groups -OCH3 is 1. The lowest BCUT2D eigenvalue weighted by atomic mass is 10.0. The van der Waals surface area contributed by atoms with Gasteiger partial charge in [0, 0.05) is 24.0 Å². The van der Waals surface area contributed by atoms with Crippen LogP contribution < -0.4 is 15.1 Å². The van der Waals surface area contributed by atoms with Gasteiger partial charge < -0.3 is 19.4 Å². The fourth-order valence-electron chi connectivity index (χ4n) is 4.38. The fraction of sp³-hybridized carbons (Fsp3) is 0.400. The molecule has 1 aromatic carbocycles. The maximum atomic E-state index is 13.3. The first-order valence-corrected chi connectivity index (χ1v) is 11.0. The predicted octanol–water partition coefficient (Wildman–Crippen LogP) is 4.18. The number of aromatic amines is 1. The molecule has 0 amide bonds. The Morgan fingerprint density at radius 2 is 1.91 bits per heavy atom. The van der Waals surface area contributed by atoms with Crippen LogP contribution in [0.3, 0.4) is 0 Å². The number of rotatable bonds is 5. The van der Waals surface area contributed by atoms with E-state index < -0.39 is 11.4 Å². The van der Waals surface area contributed by atoms with Gasteiger partial charge >= 0.3 is 5.97 Å². The summed E-state index contributed by atoms with van der Waals surface area (Å²) in [6.45, 7) is 9.81. The van der Waals surface area contributed by atoms with Crippen LogP contribution in [0.15, 0.2) is 35.1 Å². The van der Waals surface area contributed by atoms with Crippen molar-refractivity contribution in [1.29, 1.82) is 0 Å². The van der Waals surface area contributed by atoms with Gasteiger partial charge in [0.2, 0.25) is 5.43 Å². The van der Waals surface area contributed by atoms with E-state index >= 15 is 0 Å². The molecule has 3 heterocycles. The van der Waals surface area contributed by atoms with E-state index in [2.05, 4.69) is 23.7 Å². The van der Waals surface area contributed by atoms with Gasteiger partial charge in [-0.15, -0.1) is 0 Å². The summed E-state index contributed by atoms with van der Waals surface area (Å²) in [5, 5.41) is 0.927. The first-order valence-electron chi connectivity index (χ1n) is 11.0. The fourth-order valence-corrected chi connectivity index (χ4v) is 4.38. The largest absolute Gasteiger partial charge is 0.491 e. The highest BCUT2D eigenvalue weighted by Gasteiger charge is 2.31. The molecule has 0 saturated carbocycles. The summed E-state index contributed by atoms with van der Waals surface area (Å²) < 4.78 is 10.5. The van der Waals surface area contributed by atoms with Crippen LogP contribution in [0.2, 0.25) is 0 Å². The number of hydrogen-bond donors (Lipinski definition) is 1. The van der Waals surface area contributed by atoms with Gasteiger partial charge in [-0.2, -0.15) is 0 Å². The quantitative estimate of drug-likeness (QED) is 0.606. The number of carbonyl (C=O) groups excluding carboxylic acids is 1. The maximum Gasteiger partial charge on any atom is 0.344 e. The summed E-state index contributed by atoms with van der Waals surface area (Å²) >= 11 is 0. The van der Waals surface area contributed by atoms with Crippen LogP contribution in [0.25, 0.3) is 22.2 Å². The normalized spacial score (nSPS) is 18.2. The Morgan fingerprint density at radius 3 is 2.56 bits per heavy atom. The standard InChI is InChI=1S/C25H29N3O4/c1-6-32-25(30)20-21(26-16(4)23(31-5)22(20)29)18-11-17-9-7-8-10-19(17)27-24(18)28-12-14(2)15(3)13-28/h7-11,14-15H,6,12-13H2,1-5H3,(H,26,29). The number of esters is 1. The van der Waals surface area contributed by atoms with Crippen LogP contribution in [0, 0.1) is 18.8 Å². The highest BCUT2D eigenvalue weighted by Crippen LogP contribution is 2.37. The van der Waals surface area contributed by atoms with E-state index in [0.717, 1.165) is 29.8 Å². The van der Waals surface area contributed by atoms with Crippen molar-refractivity contribution >= 4 is 22.7 Å². The third-order valence-electron chi connectivity index (χ3n) is 6.28. The average Bonchev–Trinajstić information content (AvgIpc) is 3.11. The van der Waals surface area contributed by atoms with Crippen molar-refractivity contribution in [2.75, 3.05) is 31.7 Å². The molecule has 0 radical (unpaired) electrons. The van der Waals surface area contributed by atoms with Gasteiger partial charge in [-0.05, 0) is 37.8 Å². The molecule has 7 heteroatoms. The molecular formula is C25H29N3O4. The van der Waals surface area contributed by atoms with Crippen molar-refractivity contribution in [3.8, 4) is 17.0 Å². The van der Waals surface area contributed by atoms with Crippen LogP contribution >= 0.6 is 0 Å². The highest BCUT2D eigenvalue weighted by molar-refractivity contribution is 6.00. The van der Waals surface area contributed by atoms with Crippen molar-refractivity contribution in [1.82, 2.24) is 9.97 Å². The van der Waals surface area contributed by atoms with Gasteiger partial charge in [0.25, 0.3) is 0 Å². The molecule has 1 N–H and O–H groups in total. The third kappa shape index (κ3) is 3.72. The average molecular weight is 436 g/mol. The van der Waals surface area contributed by atoms with E-state index in [1.165, 1.54) is 7.11 Å². The molecule has 4 rings (SSSR count).